The Bertz CT molecular complexity index is 276. The van der Waals surface area contributed by atoms with Gasteiger partial charge >= 0.3 is 5.97 Å². The first-order valence-electron chi connectivity index (χ1n) is 3.81. The first-order chi connectivity index (χ1) is 6.24. The third kappa shape index (κ3) is 2.79. The highest BCUT2D eigenvalue weighted by Crippen LogP contribution is 1.98. The molecule has 1 aromatic heterocycles. The second kappa shape index (κ2) is 4.51. The zero-order valence-corrected chi connectivity index (χ0v) is 7.30. The molecule has 1 rings (SSSR count). The Kier molecular flexibility index (Phi) is 3.33. The molecular weight excluding hydrogens is 170 g/mol. The van der Waals surface area contributed by atoms with Gasteiger partial charge in [-0.2, -0.15) is 0 Å². The highest BCUT2D eigenvalue weighted by atomic mass is 16.5. The van der Waals surface area contributed by atoms with Crippen LogP contribution in [-0.4, -0.2) is 29.1 Å². The van der Waals surface area contributed by atoms with E-state index in [0.717, 1.165) is 5.56 Å². The van der Waals surface area contributed by atoms with E-state index >= 15 is 0 Å². The maximum atomic E-state index is 10.9. The van der Waals surface area contributed by atoms with E-state index in [0.29, 0.717) is 6.42 Å². The highest BCUT2D eigenvalue weighted by Gasteiger charge is 2.13. The van der Waals surface area contributed by atoms with Crippen molar-refractivity contribution in [2.75, 3.05) is 7.11 Å². The van der Waals surface area contributed by atoms with Gasteiger partial charge in [-0.15, -0.1) is 0 Å². The van der Waals surface area contributed by atoms with Gasteiger partial charge in [0.2, 0.25) is 0 Å². The van der Waals surface area contributed by atoms with Gasteiger partial charge in [-0.05, 0) is 5.56 Å². The lowest BCUT2D eigenvalue weighted by Crippen LogP contribution is -2.33. The summed E-state index contributed by atoms with van der Waals surface area (Å²) in [6, 6.07) is -0.643. The van der Waals surface area contributed by atoms with Crippen LogP contribution in [0.5, 0.6) is 0 Å². The molecule has 0 bridgehead atoms. The quantitative estimate of drug-likeness (QED) is 0.637. The Morgan fingerprint density at radius 1 is 1.62 bits per heavy atom. The Morgan fingerprint density at radius 3 is 2.77 bits per heavy atom. The van der Waals surface area contributed by atoms with Gasteiger partial charge < -0.3 is 10.5 Å². The monoisotopic (exact) mass is 181 g/mol. The van der Waals surface area contributed by atoms with Crippen LogP contribution in [0.1, 0.15) is 5.56 Å². The Balaban J connectivity index is 2.55. The lowest BCUT2D eigenvalue weighted by molar-refractivity contribution is -0.142. The van der Waals surface area contributed by atoms with Crippen molar-refractivity contribution < 1.29 is 9.53 Å². The first-order valence-corrected chi connectivity index (χ1v) is 3.81. The third-order valence-corrected chi connectivity index (χ3v) is 1.57. The van der Waals surface area contributed by atoms with E-state index < -0.39 is 12.0 Å². The fourth-order valence-electron chi connectivity index (χ4n) is 0.924. The van der Waals surface area contributed by atoms with Crippen LogP contribution in [0.15, 0.2) is 18.7 Å². The summed E-state index contributed by atoms with van der Waals surface area (Å²) in [5.74, 6) is -0.427. The van der Waals surface area contributed by atoms with Crippen LogP contribution in [0.2, 0.25) is 0 Å². The van der Waals surface area contributed by atoms with Crippen molar-refractivity contribution in [1.82, 2.24) is 9.97 Å². The van der Waals surface area contributed by atoms with E-state index in [1.54, 1.807) is 12.4 Å². The van der Waals surface area contributed by atoms with Crippen molar-refractivity contribution in [3.05, 3.63) is 24.3 Å². The zero-order valence-electron chi connectivity index (χ0n) is 7.30. The molecule has 0 aliphatic carbocycles. The number of ether oxygens (including phenoxy) is 1. The van der Waals surface area contributed by atoms with Gasteiger partial charge in [-0.3, -0.25) is 4.79 Å². The summed E-state index contributed by atoms with van der Waals surface area (Å²) >= 11 is 0. The average Bonchev–Trinajstić information content (AvgIpc) is 2.18. The number of methoxy groups -OCH3 is 1. The Hall–Kier alpha value is -1.49. The molecular formula is C8H11N3O2. The second-order valence-electron chi connectivity index (χ2n) is 2.58. The van der Waals surface area contributed by atoms with Gasteiger partial charge in [0.05, 0.1) is 7.11 Å². The molecule has 1 heterocycles. The summed E-state index contributed by atoms with van der Waals surface area (Å²) in [6.07, 6.45) is 5.06. The van der Waals surface area contributed by atoms with Crippen LogP contribution in [-0.2, 0) is 16.0 Å². The van der Waals surface area contributed by atoms with E-state index in [-0.39, 0.29) is 0 Å². The van der Waals surface area contributed by atoms with Crippen molar-refractivity contribution in [2.24, 2.45) is 5.73 Å². The molecule has 0 amide bonds. The number of carbonyl (C=O) groups is 1. The molecule has 5 heteroatoms. The summed E-state index contributed by atoms with van der Waals surface area (Å²) in [6.45, 7) is 0. The van der Waals surface area contributed by atoms with Gasteiger partial charge in [0.25, 0.3) is 0 Å². The fourth-order valence-corrected chi connectivity index (χ4v) is 0.924. The van der Waals surface area contributed by atoms with Crippen LogP contribution in [0.3, 0.4) is 0 Å². The SMILES string of the molecule is COC(=O)[C@H](N)Cc1cncnc1. The number of nitrogens with zero attached hydrogens (tertiary/aromatic N) is 2. The lowest BCUT2D eigenvalue weighted by Gasteiger charge is -2.07. The minimum Gasteiger partial charge on any atom is -0.468 e. The molecule has 0 unspecified atom stereocenters. The van der Waals surface area contributed by atoms with Crippen molar-refractivity contribution in [3.8, 4) is 0 Å². The number of hydrogen-bond acceptors (Lipinski definition) is 5. The largest absolute Gasteiger partial charge is 0.468 e. The first kappa shape index (κ1) is 9.60. The number of nitrogens with two attached hydrogens (primary N) is 1. The highest BCUT2D eigenvalue weighted by molar-refractivity contribution is 5.75. The molecule has 2 N–H and O–H groups in total. The second-order valence-corrected chi connectivity index (χ2v) is 2.58. The van der Waals surface area contributed by atoms with Crippen molar-refractivity contribution in [1.29, 1.82) is 0 Å². The molecule has 1 atom stereocenters. The van der Waals surface area contributed by atoms with E-state index in [2.05, 4.69) is 14.7 Å². The molecule has 0 fully saturated rings. The van der Waals surface area contributed by atoms with Gasteiger partial charge in [0.1, 0.15) is 12.4 Å². The van der Waals surface area contributed by atoms with Crippen molar-refractivity contribution in [3.63, 3.8) is 0 Å². The van der Waals surface area contributed by atoms with Crippen LogP contribution in [0.25, 0.3) is 0 Å². The molecule has 0 saturated heterocycles. The Labute approximate surface area is 75.9 Å². The molecule has 0 spiro atoms. The minimum atomic E-state index is -0.643. The smallest absolute Gasteiger partial charge is 0.322 e. The van der Waals surface area contributed by atoms with E-state index in [9.17, 15) is 4.79 Å². The zero-order chi connectivity index (χ0) is 9.68. The standard InChI is InChI=1S/C8H11N3O2/c1-13-8(12)7(9)2-6-3-10-5-11-4-6/h3-5,7H,2,9H2,1H3/t7-/m1/s1. The van der Waals surface area contributed by atoms with Gasteiger partial charge in [0.15, 0.2) is 0 Å². The molecule has 5 nitrogen and oxygen atoms in total. The maximum Gasteiger partial charge on any atom is 0.322 e. The lowest BCUT2D eigenvalue weighted by atomic mass is 10.1. The molecule has 13 heavy (non-hydrogen) atoms. The van der Waals surface area contributed by atoms with E-state index in [4.69, 9.17) is 5.73 Å². The summed E-state index contributed by atoms with van der Waals surface area (Å²) in [7, 11) is 1.31. The average molecular weight is 181 g/mol. The van der Waals surface area contributed by atoms with Crippen LogP contribution >= 0.6 is 0 Å². The number of esters is 1. The predicted octanol–water partition coefficient (Wildman–Crippen LogP) is -0.481. The fraction of sp³-hybridized carbons (Fsp3) is 0.375. The van der Waals surface area contributed by atoms with Crippen molar-refractivity contribution >= 4 is 5.97 Å². The molecule has 0 aromatic carbocycles. The number of carbonyl (C=O) groups excluding carboxylic acids is 1. The minimum absolute atomic E-state index is 0.396. The van der Waals surface area contributed by atoms with E-state index in [1.807, 2.05) is 0 Å². The molecule has 70 valence electrons. The number of rotatable bonds is 3. The molecule has 0 saturated carbocycles. The molecule has 0 radical (unpaired) electrons. The van der Waals surface area contributed by atoms with Crippen molar-refractivity contribution in [2.45, 2.75) is 12.5 Å². The third-order valence-electron chi connectivity index (χ3n) is 1.57. The van der Waals surface area contributed by atoms with Gasteiger partial charge in [-0.1, -0.05) is 0 Å². The van der Waals surface area contributed by atoms with Crippen LogP contribution < -0.4 is 5.73 Å². The summed E-state index contributed by atoms with van der Waals surface area (Å²) in [4.78, 5) is 18.5. The van der Waals surface area contributed by atoms with Crippen LogP contribution in [0.4, 0.5) is 0 Å². The normalized spacial score (nSPS) is 12.2. The Morgan fingerprint density at radius 2 is 2.23 bits per heavy atom. The number of hydrogen-bond donors (Lipinski definition) is 1. The van der Waals surface area contributed by atoms with Gasteiger partial charge in [0, 0.05) is 18.8 Å². The van der Waals surface area contributed by atoms with E-state index in [1.165, 1.54) is 13.4 Å². The van der Waals surface area contributed by atoms with Gasteiger partial charge in [-0.25, -0.2) is 9.97 Å². The molecule has 1 aromatic rings. The molecule has 0 aliphatic rings. The predicted molar refractivity (Wildman–Crippen MR) is 45.7 cm³/mol. The molecule has 0 aliphatic heterocycles. The number of aromatic nitrogens is 2. The van der Waals surface area contributed by atoms with Crippen LogP contribution in [0, 0.1) is 0 Å². The summed E-state index contributed by atoms with van der Waals surface area (Å²) in [5.41, 5.74) is 6.35. The maximum absolute atomic E-state index is 10.9. The summed E-state index contributed by atoms with van der Waals surface area (Å²) < 4.78 is 4.48. The summed E-state index contributed by atoms with van der Waals surface area (Å²) in [5, 5.41) is 0. The topological polar surface area (TPSA) is 78.1 Å².